The van der Waals surface area contributed by atoms with E-state index >= 15 is 0 Å². The molecule has 0 spiro atoms. The summed E-state index contributed by atoms with van der Waals surface area (Å²) in [4.78, 5) is 2.35. The summed E-state index contributed by atoms with van der Waals surface area (Å²) >= 11 is 3.56. The van der Waals surface area contributed by atoms with Crippen molar-refractivity contribution in [3.63, 3.8) is 0 Å². The Morgan fingerprint density at radius 3 is 2.62 bits per heavy atom. The van der Waals surface area contributed by atoms with Crippen LogP contribution in [0, 0.1) is 6.92 Å². The molecule has 0 aliphatic carbocycles. The molecule has 4 heteroatoms. The molecule has 1 aromatic rings. The maximum Gasteiger partial charge on any atom is 0.0597 e. The van der Waals surface area contributed by atoms with Crippen LogP contribution in [-0.2, 0) is 13.1 Å². The van der Waals surface area contributed by atoms with Gasteiger partial charge >= 0.3 is 0 Å². The Bertz CT molecular complexity index is 344. The summed E-state index contributed by atoms with van der Waals surface area (Å²) in [6.07, 6.45) is 0. The predicted molar refractivity (Wildman–Crippen MR) is 72.0 cm³/mol. The number of aromatic nitrogens is 2. The van der Waals surface area contributed by atoms with Crippen LogP contribution in [0.2, 0.25) is 0 Å². The molecule has 0 aromatic carbocycles. The van der Waals surface area contributed by atoms with Gasteiger partial charge in [-0.25, -0.2) is 0 Å². The highest BCUT2D eigenvalue weighted by molar-refractivity contribution is 9.09. The van der Waals surface area contributed by atoms with Crippen LogP contribution in [0.5, 0.6) is 0 Å². The minimum Gasteiger partial charge on any atom is -0.295 e. The van der Waals surface area contributed by atoms with Crippen molar-refractivity contribution in [3.8, 4) is 0 Å². The van der Waals surface area contributed by atoms with Gasteiger partial charge in [0, 0.05) is 24.0 Å². The molecule has 0 aliphatic rings. The van der Waals surface area contributed by atoms with Crippen molar-refractivity contribution in [3.05, 3.63) is 17.5 Å². The third kappa shape index (κ3) is 3.08. The van der Waals surface area contributed by atoms with Crippen LogP contribution in [0.4, 0.5) is 0 Å². The van der Waals surface area contributed by atoms with Crippen molar-refractivity contribution in [2.24, 2.45) is 0 Å². The fraction of sp³-hybridized carbons (Fsp3) is 0.750. The van der Waals surface area contributed by atoms with Gasteiger partial charge in [0.25, 0.3) is 0 Å². The van der Waals surface area contributed by atoms with Gasteiger partial charge < -0.3 is 0 Å². The summed E-state index contributed by atoms with van der Waals surface area (Å²) in [6, 6.07) is 2.17. The van der Waals surface area contributed by atoms with Gasteiger partial charge in [-0.05, 0) is 40.8 Å². The number of hydrogen-bond donors (Lipinski definition) is 0. The lowest BCUT2D eigenvalue weighted by Crippen LogP contribution is -2.42. The average molecular weight is 288 g/mol. The quantitative estimate of drug-likeness (QED) is 0.777. The molecule has 92 valence electrons. The first-order chi connectivity index (χ1) is 7.40. The molecule has 0 atom stereocenters. The molecule has 1 heterocycles. The van der Waals surface area contributed by atoms with Crippen molar-refractivity contribution in [1.82, 2.24) is 14.7 Å². The zero-order valence-electron chi connectivity index (χ0n) is 10.9. The number of alkyl halides is 1. The van der Waals surface area contributed by atoms with E-state index in [2.05, 4.69) is 64.5 Å². The summed E-state index contributed by atoms with van der Waals surface area (Å²) in [7, 11) is 2.16. The van der Waals surface area contributed by atoms with Gasteiger partial charge in [-0.1, -0.05) is 15.9 Å². The minimum atomic E-state index is 0.163. The SMILES string of the molecule is CCn1nc(C)cc1CN(C)C(C)(C)CBr. The largest absolute Gasteiger partial charge is 0.295 e. The lowest BCUT2D eigenvalue weighted by molar-refractivity contribution is 0.168. The second-order valence-corrected chi connectivity index (χ2v) is 5.46. The minimum absolute atomic E-state index is 0.163. The monoisotopic (exact) mass is 287 g/mol. The first-order valence-corrected chi connectivity index (χ1v) is 6.83. The Labute approximate surface area is 107 Å². The Kier molecular flexibility index (Phi) is 4.56. The van der Waals surface area contributed by atoms with Gasteiger partial charge in [-0.3, -0.25) is 9.58 Å². The van der Waals surface area contributed by atoms with Crippen LogP contribution in [0.1, 0.15) is 32.2 Å². The van der Waals surface area contributed by atoms with E-state index in [1.54, 1.807) is 0 Å². The maximum atomic E-state index is 4.47. The van der Waals surface area contributed by atoms with E-state index in [1.807, 2.05) is 6.92 Å². The van der Waals surface area contributed by atoms with Crippen LogP contribution in [0.15, 0.2) is 6.07 Å². The number of nitrogens with zero attached hydrogens (tertiary/aromatic N) is 3. The van der Waals surface area contributed by atoms with E-state index in [4.69, 9.17) is 0 Å². The van der Waals surface area contributed by atoms with Gasteiger partial charge in [-0.2, -0.15) is 5.10 Å². The summed E-state index contributed by atoms with van der Waals surface area (Å²) in [5, 5.41) is 5.44. The molecule has 0 saturated carbocycles. The maximum absolute atomic E-state index is 4.47. The first-order valence-electron chi connectivity index (χ1n) is 5.71. The van der Waals surface area contributed by atoms with Gasteiger partial charge in [0.05, 0.1) is 11.4 Å². The summed E-state index contributed by atoms with van der Waals surface area (Å²) in [5.74, 6) is 0. The molecule has 16 heavy (non-hydrogen) atoms. The normalized spacial score (nSPS) is 12.4. The van der Waals surface area contributed by atoms with Crippen molar-refractivity contribution in [2.45, 2.75) is 46.3 Å². The molecule has 0 amide bonds. The van der Waals surface area contributed by atoms with E-state index in [9.17, 15) is 0 Å². The standard InChI is InChI=1S/C12H22BrN3/c1-6-16-11(7-10(2)14-16)8-15(5)12(3,4)9-13/h7H,6,8-9H2,1-5H3. The second-order valence-electron chi connectivity index (χ2n) is 4.89. The van der Waals surface area contributed by atoms with Gasteiger partial charge in [-0.15, -0.1) is 0 Å². The molecule has 0 N–H and O–H groups in total. The molecular weight excluding hydrogens is 266 g/mol. The van der Waals surface area contributed by atoms with Crippen molar-refractivity contribution < 1.29 is 0 Å². The Hall–Kier alpha value is -0.350. The molecule has 0 radical (unpaired) electrons. The molecule has 0 unspecified atom stereocenters. The molecular formula is C12H22BrN3. The van der Waals surface area contributed by atoms with Crippen molar-refractivity contribution >= 4 is 15.9 Å². The van der Waals surface area contributed by atoms with Crippen LogP contribution < -0.4 is 0 Å². The highest BCUT2D eigenvalue weighted by Gasteiger charge is 2.23. The third-order valence-corrected chi connectivity index (χ3v) is 4.42. The lowest BCUT2D eigenvalue weighted by atomic mass is 10.1. The van der Waals surface area contributed by atoms with Gasteiger partial charge in [0.15, 0.2) is 0 Å². The Balaban J connectivity index is 2.80. The molecule has 0 saturated heterocycles. The molecule has 0 aliphatic heterocycles. The number of hydrogen-bond acceptors (Lipinski definition) is 2. The fourth-order valence-electron chi connectivity index (χ4n) is 1.56. The molecule has 3 nitrogen and oxygen atoms in total. The lowest BCUT2D eigenvalue weighted by Gasteiger charge is -2.34. The van der Waals surface area contributed by atoms with Crippen LogP contribution >= 0.6 is 15.9 Å². The van der Waals surface area contributed by atoms with Gasteiger partial charge in [0.2, 0.25) is 0 Å². The molecule has 1 aromatic heterocycles. The summed E-state index contributed by atoms with van der Waals surface area (Å²) in [5.41, 5.74) is 2.55. The van der Waals surface area contributed by atoms with Crippen LogP contribution in [0.3, 0.4) is 0 Å². The van der Waals surface area contributed by atoms with Crippen molar-refractivity contribution in [2.75, 3.05) is 12.4 Å². The second kappa shape index (κ2) is 5.32. The topological polar surface area (TPSA) is 21.1 Å². The van der Waals surface area contributed by atoms with E-state index in [0.717, 1.165) is 24.1 Å². The van der Waals surface area contributed by atoms with E-state index in [-0.39, 0.29) is 5.54 Å². The van der Waals surface area contributed by atoms with E-state index < -0.39 is 0 Å². The molecule has 0 bridgehead atoms. The van der Waals surface area contributed by atoms with Crippen LogP contribution in [-0.4, -0.2) is 32.6 Å². The number of aryl methyl sites for hydroxylation is 2. The molecule has 0 fully saturated rings. The Morgan fingerprint density at radius 2 is 2.12 bits per heavy atom. The number of halogens is 1. The zero-order chi connectivity index (χ0) is 12.3. The Morgan fingerprint density at radius 1 is 1.50 bits per heavy atom. The summed E-state index contributed by atoms with van der Waals surface area (Å²) < 4.78 is 2.08. The highest BCUT2D eigenvalue weighted by atomic mass is 79.9. The molecule has 1 rings (SSSR count). The van der Waals surface area contributed by atoms with Crippen LogP contribution in [0.25, 0.3) is 0 Å². The average Bonchev–Trinajstić information content (AvgIpc) is 2.58. The van der Waals surface area contributed by atoms with E-state index in [1.165, 1.54) is 5.69 Å². The fourth-order valence-corrected chi connectivity index (χ4v) is 1.99. The zero-order valence-corrected chi connectivity index (χ0v) is 12.5. The smallest absolute Gasteiger partial charge is 0.0597 e. The highest BCUT2D eigenvalue weighted by Crippen LogP contribution is 2.18. The number of rotatable bonds is 5. The van der Waals surface area contributed by atoms with Gasteiger partial charge in [0.1, 0.15) is 0 Å². The predicted octanol–water partition coefficient (Wildman–Crippen LogP) is 2.82. The summed E-state index contributed by atoms with van der Waals surface area (Å²) in [6.45, 7) is 10.5. The first kappa shape index (κ1) is 13.7. The van der Waals surface area contributed by atoms with Crippen molar-refractivity contribution in [1.29, 1.82) is 0 Å². The third-order valence-electron chi connectivity index (χ3n) is 3.04. The van der Waals surface area contributed by atoms with E-state index in [0.29, 0.717) is 0 Å².